The number of nitrogens with two attached hydrogens (primary N) is 1. The van der Waals surface area contributed by atoms with Gasteiger partial charge in [0.2, 0.25) is 5.91 Å². The van der Waals surface area contributed by atoms with Gasteiger partial charge >= 0.3 is 5.76 Å². The summed E-state index contributed by atoms with van der Waals surface area (Å²) in [6.45, 7) is 0. The Hall–Kier alpha value is -2.37. The van der Waals surface area contributed by atoms with Crippen molar-refractivity contribution in [3.63, 3.8) is 0 Å². The lowest BCUT2D eigenvalue weighted by Crippen LogP contribution is -2.05. The summed E-state index contributed by atoms with van der Waals surface area (Å²) >= 11 is 0. The normalized spacial score (nSPS) is 11.2. The molecule has 6 nitrogen and oxygen atoms in total. The maximum atomic E-state index is 10.8. The Bertz CT molecular complexity index is 594. The number of nitrogens with zero attached hydrogens (tertiary/aromatic N) is 1. The van der Waals surface area contributed by atoms with E-state index in [1.807, 2.05) is 0 Å². The molecule has 0 aliphatic heterocycles. The number of carbonyl (C=O) groups excluding carboxylic acids is 1. The van der Waals surface area contributed by atoms with Gasteiger partial charge in [-0.15, -0.1) is 0 Å². The standard InChI is InChI=1S/C9H7N3O3/c10-7(13)2-1-5-3-6-8(11-4-5)12-9(14)15-6/h1-4H,(H2,10,13)(H,11,12,14). The molecule has 0 radical (unpaired) electrons. The van der Waals surface area contributed by atoms with E-state index in [9.17, 15) is 9.59 Å². The van der Waals surface area contributed by atoms with Crippen LogP contribution in [0.1, 0.15) is 5.56 Å². The summed E-state index contributed by atoms with van der Waals surface area (Å²) < 4.78 is 4.79. The minimum Gasteiger partial charge on any atom is -0.406 e. The highest BCUT2D eigenvalue weighted by molar-refractivity contribution is 5.90. The number of carbonyl (C=O) groups is 1. The van der Waals surface area contributed by atoms with Crippen LogP contribution < -0.4 is 11.5 Å². The van der Waals surface area contributed by atoms with Crippen LogP contribution in [0.5, 0.6) is 0 Å². The van der Waals surface area contributed by atoms with E-state index in [0.717, 1.165) is 0 Å². The zero-order valence-corrected chi connectivity index (χ0v) is 7.56. The predicted octanol–water partition coefficient (Wildman–Crippen LogP) is 0.0146. The molecule has 76 valence electrons. The first-order chi connectivity index (χ1) is 7.15. The maximum absolute atomic E-state index is 10.8. The van der Waals surface area contributed by atoms with E-state index < -0.39 is 11.7 Å². The third kappa shape index (κ3) is 1.93. The zero-order chi connectivity index (χ0) is 10.8. The number of pyridine rings is 1. The Morgan fingerprint density at radius 1 is 1.60 bits per heavy atom. The average molecular weight is 205 g/mol. The summed E-state index contributed by atoms with van der Waals surface area (Å²) in [5, 5.41) is 0. The fourth-order valence-corrected chi connectivity index (χ4v) is 1.12. The summed E-state index contributed by atoms with van der Waals surface area (Å²) in [7, 11) is 0. The van der Waals surface area contributed by atoms with Crippen molar-refractivity contribution in [2.75, 3.05) is 0 Å². The molecular formula is C9H7N3O3. The molecule has 0 atom stereocenters. The van der Waals surface area contributed by atoms with Gasteiger partial charge in [0.1, 0.15) is 0 Å². The van der Waals surface area contributed by atoms with Gasteiger partial charge in [0.15, 0.2) is 11.2 Å². The third-order valence-electron chi connectivity index (χ3n) is 1.74. The molecule has 0 spiro atoms. The van der Waals surface area contributed by atoms with Crippen LogP contribution in [0.3, 0.4) is 0 Å². The van der Waals surface area contributed by atoms with Crippen molar-refractivity contribution in [1.82, 2.24) is 9.97 Å². The van der Waals surface area contributed by atoms with Crippen LogP contribution in [-0.4, -0.2) is 15.9 Å². The van der Waals surface area contributed by atoms with Crippen LogP contribution in [0.25, 0.3) is 17.3 Å². The molecule has 15 heavy (non-hydrogen) atoms. The monoisotopic (exact) mass is 205 g/mol. The molecule has 0 fully saturated rings. The summed E-state index contributed by atoms with van der Waals surface area (Å²) in [5.41, 5.74) is 6.27. The predicted molar refractivity (Wildman–Crippen MR) is 52.9 cm³/mol. The first-order valence-corrected chi connectivity index (χ1v) is 4.11. The van der Waals surface area contributed by atoms with Crippen LogP contribution in [0.15, 0.2) is 27.6 Å². The molecule has 2 aromatic rings. The van der Waals surface area contributed by atoms with Gasteiger partial charge in [-0.3, -0.25) is 9.78 Å². The number of hydrogen-bond donors (Lipinski definition) is 2. The molecule has 0 aromatic carbocycles. The van der Waals surface area contributed by atoms with E-state index >= 15 is 0 Å². The van der Waals surface area contributed by atoms with Crippen molar-refractivity contribution in [1.29, 1.82) is 0 Å². The molecule has 0 bridgehead atoms. The van der Waals surface area contributed by atoms with Crippen LogP contribution >= 0.6 is 0 Å². The number of aromatic nitrogens is 2. The van der Waals surface area contributed by atoms with Gasteiger partial charge in [-0.2, -0.15) is 0 Å². The van der Waals surface area contributed by atoms with E-state index in [1.54, 1.807) is 6.07 Å². The largest absolute Gasteiger partial charge is 0.418 e. The third-order valence-corrected chi connectivity index (χ3v) is 1.74. The fourth-order valence-electron chi connectivity index (χ4n) is 1.12. The molecule has 0 unspecified atom stereocenters. The quantitative estimate of drug-likeness (QED) is 0.674. The summed E-state index contributed by atoms with van der Waals surface area (Å²) in [6, 6.07) is 1.58. The van der Waals surface area contributed by atoms with Gasteiger partial charge in [0.05, 0.1) is 0 Å². The Balaban J connectivity index is 2.46. The lowest BCUT2D eigenvalue weighted by molar-refractivity contribution is -0.113. The number of H-pyrrole nitrogens is 1. The molecular weight excluding hydrogens is 198 g/mol. The minimum atomic E-state index is -0.562. The van der Waals surface area contributed by atoms with Gasteiger partial charge < -0.3 is 10.2 Å². The molecule has 2 rings (SSSR count). The van der Waals surface area contributed by atoms with Crippen LogP contribution in [0.4, 0.5) is 0 Å². The van der Waals surface area contributed by atoms with Crippen molar-refractivity contribution in [2.45, 2.75) is 0 Å². The Kier molecular flexibility index (Phi) is 2.09. The number of amides is 1. The number of rotatable bonds is 2. The highest BCUT2D eigenvalue weighted by Gasteiger charge is 2.01. The summed E-state index contributed by atoms with van der Waals surface area (Å²) in [6.07, 6.45) is 4.18. The first kappa shape index (κ1) is 9.20. The van der Waals surface area contributed by atoms with Crippen molar-refractivity contribution in [3.05, 3.63) is 34.5 Å². The van der Waals surface area contributed by atoms with Crippen molar-refractivity contribution < 1.29 is 9.21 Å². The highest BCUT2D eigenvalue weighted by Crippen LogP contribution is 2.10. The Morgan fingerprint density at radius 3 is 3.13 bits per heavy atom. The first-order valence-electron chi connectivity index (χ1n) is 4.11. The van der Waals surface area contributed by atoms with Gasteiger partial charge in [-0.1, -0.05) is 0 Å². The molecule has 1 amide bonds. The zero-order valence-electron chi connectivity index (χ0n) is 7.56. The summed E-state index contributed by atoms with van der Waals surface area (Å²) in [5.74, 6) is -1.11. The smallest absolute Gasteiger partial charge is 0.406 e. The SMILES string of the molecule is NC(=O)C=Cc1cnc2[nH]c(=O)oc2c1. The van der Waals surface area contributed by atoms with E-state index in [2.05, 4.69) is 9.97 Å². The van der Waals surface area contributed by atoms with Gasteiger partial charge in [-0.25, -0.2) is 9.78 Å². The maximum Gasteiger partial charge on any atom is 0.418 e. The second kappa shape index (κ2) is 3.41. The molecule has 3 N–H and O–H groups in total. The topological polar surface area (TPSA) is 102 Å². The lowest BCUT2D eigenvalue weighted by Gasteiger charge is -1.90. The number of fused-ring (bicyclic) bond motifs is 1. The van der Waals surface area contributed by atoms with Crippen molar-refractivity contribution >= 4 is 23.2 Å². The second-order valence-corrected chi connectivity index (χ2v) is 2.87. The van der Waals surface area contributed by atoms with E-state index in [0.29, 0.717) is 16.8 Å². The highest BCUT2D eigenvalue weighted by atomic mass is 16.4. The molecule has 0 saturated carbocycles. The Labute approximate surface area is 83.4 Å². The van der Waals surface area contributed by atoms with Crippen molar-refractivity contribution in [2.24, 2.45) is 5.73 Å². The molecule has 2 heterocycles. The molecule has 0 saturated heterocycles. The van der Waals surface area contributed by atoms with E-state index in [-0.39, 0.29) is 0 Å². The number of nitrogens with one attached hydrogen (secondary N) is 1. The van der Waals surface area contributed by atoms with Gasteiger partial charge in [0.25, 0.3) is 0 Å². The molecule has 0 aliphatic carbocycles. The van der Waals surface area contributed by atoms with Crippen LogP contribution in [0.2, 0.25) is 0 Å². The molecule has 2 aromatic heterocycles. The van der Waals surface area contributed by atoms with E-state index in [4.69, 9.17) is 10.2 Å². The molecule has 6 heteroatoms. The van der Waals surface area contributed by atoms with Crippen molar-refractivity contribution in [3.8, 4) is 0 Å². The van der Waals surface area contributed by atoms with Gasteiger partial charge in [-0.05, 0) is 17.7 Å². The van der Waals surface area contributed by atoms with Crippen LogP contribution in [-0.2, 0) is 4.79 Å². The number of hydrogen-bond acceptors (Lipinski definition) is 4. The number of primary amides is 1. The Morgan fingerprint density at radius 2 is 2.40 bits per heavy atom. The number of aromatic amines is 1. The second-order valence-electron chi connectivity index (χ2n) is 2.87. The molecule has 0 aliphatic rings. The lowest BCUT2D eigenvalue weighted by atomic mass is 10.2. The average Bonchev–Trinajstić information content (AvgIpc) is 2.53. The van der Waals surface area contributed by atoms with E-state index in [1.165, 1.54) is 18.3 Å². The summed E-state index contributed by atoms with van der Waals surface area (Å²) in [4.78, 5) is 27.6. The number of oxazole rings is 1. The van der Waals surface area contributed by atoms with Gasteiger partial charge in [0, 0.05) is 12.3 Å². The minimum absolute atomic E-state index is 0.339. The fraction of sp³-hybridized carbons (Fsp3) is 0. The van der Waals surface area contributed by atoms with Crippen LogP contribution in [0, 0.1) is 0 Å².